The molecule has 0 aromatic heterocycles. The number of alkyl halides is 1. The minimum atomic E-state index is -1.40. The number of benzene rings is 1. The number of hydrogen-bond donors (Lipinski definition) is 0. The van der Waals surface area contributed by atoms with Gasteiger partial charge in [-0.05, 0) is 33.2 Å². The molecule has 13 heavy (non-hydrogen) atoms. The zero-order chi connectivity index (χ0) is 10.0. The van der Waals surface area contributed by atoms with Crippen LogP contribution in [0.5, 0.6) is 0 Å². The normalized spacial score (nSPS) is 12.6. The fourth-order valence-corrected chi connectivity index (χ4v) is 1.26. The highest BCUT2D eigenvalue weighted by atomic mass is 79.9. The maximum atomic E-state index is 13.0. The van der Waals surface area contributed by atoms with Gasteiger partial charge in [0, 0.05) is 5.56 Å². The van der Waals surface area contributed by atoms with E-state index in [1.807, 2.05) is 0 Å². The maximum Gasteiger partial charge on any atom is 0.193 e. The summed E-state index contributed by atoms with van der Waals surface area (Å²) in [5.41, 5.74) is -1.67. The van der Waals surface area contributed by atoms with Crippen LogP contribution in [0.2, 0.25) is 0 Å². The highest BCUT2D eigenvalue weighted by molar-refractivity contribution is 9.10. The first-order chi connectivity index (χ1) is 6.06. The summed E-state index contributed by atoms with van der Waals surface area (Å²) in [4.78, 5) is 9.97. The van der Waals surface area contributed by atoms with Crippen molar-refractivity contribution in [3.05, 3.63) is 38.7 Å². The van der Waals surface area contributed by atoms with Crippen LogP contribution in [0.4, 0.5) is 8.78 Å². The van der Waals surface area contributed by atoms with Crippen molar-refractivity contribution in [1.29, 1.82) is 0 Å². The van der Waals surface area contributed by atoms with Crippen LogP contribution in [0.15, 0.2) is 21.8 Å². The van der Waals surface area contributed by atoms with Crippen LogP contribution in [0.3, 0.4) is 0 Å². The molecule has 0 saturated carbocycles. The molecule has 1 aromatic rings. The van der Waals surface area contributed by atoms with Crippen molar-refractivity contribution in [2.75, 3.05) is 0 Å². The van der Waals surface area contributed by atoms with Crippen LogP contribution in [-0.4, -0.2) is 0 Å². The van der Waals surface area contributed by atoms with Crippen molar-refractivity contribution in [3.8, 4) is 0 Å². The number of hydrogen-bond acceptors (Lipinski definition) is 2. The lowest BCUT2D eigenvalue weighted by Gasteiger charge is -2.03. The summed E-state index contributed by atoms with van der Waals surface area (Å²) in [5.74, 6) is -1.46. The van der Waals surface area contributed by atoms with Gasteiger partial charge in [0.25, 0.3) is 0 Å². The average molecular weight is 270 g/mol. The summed E-state index contributed by atoms with van der Waals surface area (Å²) in [7, 11) is 0. The van der Waals surface area contributed by atoms with Crippen molar-refractivity contribution in [3.63, 3.8) is 0 Å². The SMILES string of the molecule is O=NC(Cl)c1cc(F)c(Br)cc1F. The Labute approximate surface area is 86.0 Å². The molecule has 0 aliphatic rings. The van der Waals surface area contributed by atoms with Crippen LogP contribution < -0.4 is 0 Å². The summed E-state index contributed by atoms with van der Waals surface area (Å²) in [6.45, 7) is 0. The monoisotopic (exact) mass is 269 g/mol. The summed E-state index contributed by atoms with van der Waals surface area (Å²) in [6, 6.07) is 1.73. The predicted molar refractivity (Wildman–Crippen MR) is 48.4 cm³/mol. The molecule has 2 nitrogen and oxygen atoms in total. The lowest BCUT2D eigenvalue weighted by atomic mass is 10.2. The van der Waals surface area contributed by atoms with Crippen LogP contribution in [-0.2, 0) is 0 Å². The second kappa shape index (κ2) is 4.11. The lowest BCUT2D eigenvalue weighted by Crippen LogP contribution is -1.94. The molecule has 1 rings (SSSR count). The smallest absolute Gasteiger partial charge is 0.193 e. The van der Waals surface area contributed by atoms with Gasteiger partial charge in [0.15, 0.2) is 5.50 Å². The minimum absolute atomic E-state index is 0.0245. The van der Waals surface area contributed by atoms with Gasteiger partial charge in [-0.3, -0.25) is 0 Å². The fraction of sp³-hybridized carbons (Fsp3) is 0.143. The molecular formula is C7H3BrClF2NO. The molecule has 70 valence electrons. The molecule has 0 saturated heterocycles. The van der Waals surface area contributed by atoms with Crippen LogP contribution in [0, 0.1) is 16.5 Å². The van der Waals surface area contributed by atoms with Gasteiger partial charge in [-0.2, -0.15) is 0 Å². The quantitative estimate of drug-likeness (QED) is 0.348. The van der Waals surface area contributed by atoms with E-state index in [1.165, 1.54) is 0 Å². The van der Waals surface area contributed by atoms with Gasteiger partial charge in [0.05, 0.1) is 4.47 Å². The molecule has 0 N–H and O–H groups in total. The summed E-state index contributed by atoms with van der Waals surface area (Å²) in [5, 5.41) is 2.38. The van der Waals surface area contributed by atoms with Crippen molar-refractivity contribution >= 4 is 27.5 Å². The maximum absolute atomic E-state index is 13.0. The van der Waals surface area contributed by atoms with Crippen molar-refractivity contribution < 1.29 is 8.78 Å². The topological polar surface area (TPSA) is 29.4 Å². The van der Waals surface area contributed by atoms with E-state index in [1.54, 1.807) is 0 Å². The number of halogens is 4. The van der Waals surface area contributed by atoms with Crippen LogP contribution in [0.25, 0.3) is 0 Å². The third-order valence-corrected chi connectivity index (χ3v) is 2.31. The first-order valence-electron chi connectivity index (χ1n) is 3.17. The molecular weight excluding hydrogens is 267 g/mol. The van der Waals surface area contributed by atoms with Crippen LogP contribution >= 0.6 is 27.5 Å². The van der Waals surface area contributed by atoms with E-state index in [0.717, 1.165) is 12.1 Å². The average Bonchev–Trinajstić information content (AvgIpc) is 2.10. The first kappa shape index (κ1) is 10.5. The van der Waals surface area contributed by atoms with Crippen molar-refractivity contribution in [1.82, 2.24) is 0 Å². The second-order valence-electron chi connectivity index (χ2n) is 2.23. The van der Waals surface area contributed by atoms with E-state index >= 15 is 0 Å². The number of rotatable bonds is 2. The van der Waals surface area contributed by atoms with E-state index in [9.17, 15) is 13.7 Å². The molecule has 1 atom stereocenters. The van der Waals surface area contributed by atoms with Crippen LogP contribution in [0.1, 0.15) is 11.1 Å². The Morgan fingerprint density at radius 1 is 1.38 bits per heavy atom. The van der Waals surface area contributed by atoms with Gasteiger partial charge in [0.1, 0.15) is 11.6 Å². The Morgan fingerprint density at radius 2 is 2.00 bits per heavy atom. The lowest BCUT2D eigenvalue weighted by molar-refractivity contribution is 0.579. The zero-order valence-corrected chi connectivity index (χ0v) is 8.44. The molecule has 0 fully saturated rings. The molecule has 6 heteroatoms. The van der Waals surface area contributed by atoms with Gasteiger partial charge in [0.2, 0.25) is 0 Å². The Morgan fingerprint density at radius 3 is 2.54 bits per heavy atom. The Bertz CT molecular complexity index is 348. The number of nitroso groups, excluding NO2 is 1. The second-order valence-corrected chi connectivity index (χ2v) is 3.50. The summed E-state index contributed by atoms with van der Waals surface area (Å²) < 4.78 is 25.8. The van der Waals surface area contributed by atoms with Crippen molar-refractivity contribution in [2.45, 2.75) is 5.50 Å². The van der Waals surface area contributed by atoms with E-state index in [-0.39, 0.29) is 10.0 Å². The van der Waals surface area contributed by atoms with Gasteiger partial charge in [-0.15, -0.1) is 4.91 Å². The standard InChI is InChI=1S/C7H3BrClF2NO/c8-4-2-5(10)3(1-6(4)11)7(9)12-13/h1-2,7H. The summed E-state index contributed by atoms with van der Waals surface area (Å²) >= 11 is 8.10. The molecule has 0 amide bonds. The molecule has 0 radical (unpaired) electrons. The first-order valence-corrected chi connectivity index (χ1v) is 4.40. The third-order valence-electron chi connectivity index (χ3n) is 1.39. The van der Waals surface area contributed by atoms with Gasteiger partial charge in [-0.25, -0.2) is 8.78 Å². The third kappa shape index (κ3) is 2.22. The fourth-order valence-electron chi connectivity index (χ4n) is 0.777. The molecule has 0 aliphatic carbocycles. The highest BCUT2D eigenvalue weighted by Gasteiger charge is 2.15. The number of nitrogens with zero attached hydrogens (tertiary/aromatic N) is 1. The van der Waals surface area contributed by atoms with E-state index in [2.05, 4.69) is 21.1 Å². The van der Waals surface area contributed by atoms with E-state index in [0.29, 0.717) is 0 Å². The Hall–Kier alpha value is -0.550. The zero-order valence-electron chi connectivity index (χ0n) is 6.10. The van der Waals surface area contributed by atoms with Crippen molar-refractivity contribution in [2.24, 2.45) is 5.18 Å². The molecule has 1 unspecified atom stereocenters. The molecule has 0 bridgehead atoms. The molecule has 0 spiro atoms. The van der Waals surface area contributed by atoms with E-state index < -0.39 is 17.1 Å². The molecule has 0 aliphatic heterocycles. The highest BCUT2D eigenvalue weighted by Crippen LogP contribution is 2.28. The van der Waals surface area contributed by atoms with Gasteiger partial charge >= 0.3 is 0 Å². The van der Waals surface area contributed by atoms with Gasteiger partial charge < -0.3 is 0 Å². The Balaban J connectivity index is 3.22. The van der Waals surface area contributed by atoms with Gasteiger partial charge in [-0.1, -0.05) is 11.6 Å². The molecule has 0 heterocycles. The Kier molecular flexibility index (Phi) is 3.33. The largest absolute Gasteiger partial charge is 0.207 e. The molecule has 1 aromatic carbocycles. The minimum Gasteiger partial charge on any atom is -0.207 e. The predicted octanol–water partition coefficient (Wildman–Crippen LogP) is 3.73. The summed E-state index contributed by atoms with van der Waals surface area (Å²) in [6.07, 6.45) is 0. The van der Waals surface area contributed by atoms with E-state index in [4.69, 9.17) is 11.6 Å².